The molecule has 1 heterocycles. The van der Waals surface area contributed by atoms with Crippen LogP contribution in [-0.2, 0) is 9.59 Å². The van der Waals surface area contributed by atoms with Crippen molar-refractivity contribution in [2.75, 3.05) is 4.90 Å². The molecule has 37 heavy (non-hydrogen) atoms. The van der Waals surface area contributed by atoms with E-state index in [4.69, 9.17) is 28.2 Å². The fourth-order valence-corrected chi connectivity index (χ4v) is 5.85. The molecule has 0 spiro atoms. The molecule has 1 fully saturated rings. The van der Waals surface area contributed by atoms with Gasteiger partial charge in [-0.15, -0.1) is 0 Å². The number of fused-ring (bicyclic) bond motifs is 2. The first-order valence-electron chi connectivity index (χ1n) is 12.8. The van der Waals surface area contributed by atoms with Gasteiger partial charge in [0.05, 0.1) is 33.4 Å². The number of carbonyl (C=O) groups excluding carboxylic acids is 2. The highest BCUT2D eigenvalue weighted by molar-refractivity contribution is 6.42. The minimum atomic E-state index is -0.523. The lowest BCUT2D eigenvalue weighted by Crippen LogP contribution is -2.45. The molecular weight excluding hydrogens is 503 g/mol. The molecule has 2 aliphatic rings. The second-order valence-electron chi connectivity index (χ2n) is 10.5. The number of rotatable bonds is 4. The Morgan fingerprint density at radius 2 is 1.68 bits per heavy atom. The molecular formula is C31H30Cl2N2O2. The van der Waals surface area contributed by atoms with Gasteiger partial charge in [0.25, 0.3) is 0 Å². The molecule has 0 bridgehead atoms. The van der Waals surface area contributed by atoms with Gasteiger partial charge in [0, 0.05) is 18.6 Å². The van der Waals surface area contributed by atoms with Crippen LogP contribution in [0.5, 0.6) is 0 Å². The number of Topliss-reactive ketones (excluding diaryl/α,β-unsaturated/α-hetero) is 1. The maximum atomic E-state index is 14.0. The Labute approximate surface area is 228 Å². The monoisotopic (exact) mass is 532 g/mol. The summed E-state index contributed by atoms with van der Waals surface area (Å²) in [7, 11) is 0. The summed E-state index contributed by atoms with van der Waals surface area (Å²) in [5.41, 5.74) is 5.32. The molecule has 1 aliphatic heterocycles. The summed E-state index contributed by atoms with van der Waals surface area (Å²) >= 11 is 12.5. The second-order valence-corrected chi connectivity index (χ2v) is 11.3. The number of amides is 1. The van der Waals surface area contributed by atoms with Crippen molar-refractivity contribution in [1.82, 2.24) is 0 Å². The van der Waals surface area contributed by atoms with Crippen LogP contribution in [0.3, 0.4) is 0 Å². The Bertz CT molecular complexity index is 1380. The number of hydrogen-bond donors (Lipinski definition) is 0. The van der Waals surface area contributed by atoms with Crippen LogP contribution in [0.2, 0.25) is 10.0 Å². The number of halogens is 2. The average Bonchev–Trinajstić information content (AvgIpc) is 3.00. The molecule has 3 aromatic rings. The summed E-state index contributed by atoms with van der Waals surface area (Å²) < 4.78 is 0. The largest absolute Gasteiger partial charge is 0.302 e. The molecule has 3 atom stereocenters. The Morgan fingerprint density at radius 1 is 0.973 bits per heavy atom. The Morgan fingerprint density at radius 3 is 2.38 bits per heavy atom. The summed E-state index contributed by atoms with van der Waals surface area (Å²) in [6.07, 6.45) is 1.35. The predicted octanol–water partition coefficient (Wildman–Crippen LogP) is 8.27. The Kier molecular flexibility index (Phi) is 7.24. The number of carbonyl (C=O) groups is 2. The smallest absolute Gasteiger partial charge is 0.227 e. The van der Waals surface area contributed by atoms with Crippen LogP contribution in [0.15, 0.2) is 71.7 Å². The SMILES string of the molecule is Cc1ccc(C2C3C(=O)CC(c4ccc(Cl)c(Cl)c4)CC3=Nc3ccccc3N2C(=O)CC(C)C)cc1. The van der Waals surface area contributed by atoms with Crippen molar-refractivity contribution < 1.29 is 9.59 Å². The maximum Gasteiger partial charge on any atom is 0.227 e. The van der Waals surface area contributed by atoms with Crippen molar-refractivity contribution in [1.29, 1.82) is 0 Å². The molecule has 0 saturated heterocycles. The van der Waals surface area contributed by atoms with Gasteiger partial charge in [-0.2, -0.15) is 0 Å². The number of hydrogen-bond acceptors (Lipinski definition) is 3. The van der Waals surface area contributed by atoms with Gasteiger partial charge >= 0.3 is 0 Å². The van der Waals surface area contributed by atoms with E-state index in [2.05, 4.69) is 0 Å². The van der Waals surface area contributed by atoms with Crippen LogP contribution in [-0.4, -0.2) is 17.4 Å². The van der Waals surface area contributed by atoms with Gasteiger partial charge in [0.1, 0.15) is 5.78 Å². The third kappa shape index (κ3) is 5.10. The molecule has 0 aromatic heterocycles. The van der Waals surface area contributed by atoms with E-state index in [1.165, 1.54) is 0 Å². The van der Waals surface area contributed by atoms with Crippen LogP contribution in [0, 0.1) is 18.8 Å². The van der Waals surface area contributed by atoms with Gasteiger partial charge in [-0.05, 0) is 60.6 Å². The summed E-state index contributed by atoms with van der Waals surface area (Å²) in [5, 5.41) is 0.967. The minimum absolute atomic E-state index is 0.00359. The average molecular weight is 533 g/mol. The second kappa shape index (κ2) is 10.4. The highest BCUT2D eigenvalue weighted by atomic mass is 35.5. The van der Waals surface area contributed by atoms with E-state index in [1.807, 2.05) is 86.3 Å². The third-order valence-corrected chi connectivity index (χ3v) is 8.03. The van der Waals surface area contributed by atoms with Crippen molar-refractivity contribution >= 4 is 52.0 Å². The quantitative estimate of drug-likeness (QED) is 0.339. The van der Waals surface area contributed by atoms with Crippen LogP contribution in [0.1, 0.15) is 61.8 Å². The van der Waals surface area contributed by atoms with Gasteiger partial charge in [-0.25, -0.2) is 0 Å². The molecule has 0 radical (unpaired) electrons. The summed E-state index contributed by atoms with van der Waals surface area (Å²) in [5.74, 6) is -0.306. The van der Waals surface area contributed by atoms with E-state index in [9.17, 15) is 9.59 Å². The first-order valence-corrected chi connectivity index (χ1v) is 13.5. The van der Waals surface area contributed by atoms with E-state index < -0.39 is 12.0 Å². The van der Waals surface area contributed by atoms with E-state index >= 15 is 0 Å². The molecule has 0 N–H and O–H groups in total. The lowest BCUT2D eigenvalue weighted by Gasteiger charge is -2.39. The predicted molar refractivity (Wildman–Crippen MR) is 151 cm³/mol. The molecule has 3 unspecified atom stereocenters. The maximum absolute atomic E-state index is 14.0. The Hall–Kier alpha value is -2.95. The first-order chi connectivity index (χ1) is 17.7. The van der Waals surface area contributed by atoms with Crippen molar-refractivity contribution in [3.05, 3.63) is 93.5 Å². The van der Waals surface area contributed by atoms with Gasteiger partial charge in [0.15, 0.2) is 0 Å². The van der Waals surface area contributed by atoms with Crippen molar-refractivity contribution in [2.45, 2.75) is 52.0 Å². The van der Waals surface area contributed by atoms with Crippen LogP contribution in [0.4, 0.5) is 11.4 Å². The Balaban J connectivity index is 1.66. The number of aliphatic imine (C=N–C) groups is 1. The van der Waals surface area contributed by atoms with E-state index in [1.54, 1.807) is 6.07 Å². The number of anilines is 1. The number of benzene rings is 3. The minimum Gasteiger partial charge on any atom is -0.302 e. The van der Waals surface area contributed by atoms with Crippen molar-refractivity contribution in [2.24, 2.45) is 16.8 Å². The highest BCUT2D eigenvalue weighted by Crippen LogP contribution is 2.48. The van der Waals surface area contributed by atoms with E-state index in [-0.39, 0.29) is 23.5 Å². The molecule has 6 heteroatoms. The van der Waals surface area contributed by atoms with Gasteiger partial charge < -0.3 is 4.90 Å². The number of nitrogens with zero attached hydrogens (tertiary/aromatic N) is 2. The molecule has 3 aromatic carbocycles. The zero-order valence-electron chi connectivity index (χ0n) is 21.2. The van der Waals surface area contributed by atoms with Crippen molar-refractivity contribution in [3.8, 4) is 0 Å². The fraction of sp³-hybridized carbons (Fsp3) is 0.323. The molecule has 4 nitrogen and oxygen atoms in total. The van der Waals surface area contributed by atoms with Crippen molar-refractivity contribution in [3.63, 3.8) is 0 Å². The molecule has 1 aliphatic carbocycles. The number of ketones is 1. The van der Waals surface area contributed by atoms with Crippen LogP contribution < -0.4 is 4.90 Å². The van der Waals surface area contributed by atoms with Gasteiger partial charge in [-0.1, -0.05) is 85.1 Å². The molecule has 1 amide bonds. The van der Waals surface area contributed by atoms with Gasteiger partial charge in [0.2, 0.25) is 5.91 Å². The summed E-state index contributed by atoms with van der Waals surface area (Å²) in [6.45, 7) is 6.12. The standard InChI is InChI=1S/C31H30Cl2N2O2/c1-18(2)14-29(37)35-27-7-5-4-6-25(27)34-26-16-22(21-12-13-23(32)24(33)15-21)17-28(36)30(26)31(35)20-10-8-19(3)9-11-20/h4-13,15,18,22,30-31H,14,16-17H2,1-3H3. The zero-order chi connectivity index (χ0) is 26.3. The molecule has 5 rings (SSSR count). The lowest BCUT2D eigenvalue weighted by molar-refractivity contribution is -0.123. The van der Waals surface area contributed by atoms with Crippen LogP contribution >= 0.6 is 23.2 Å². The normalized spacial score (nSPS) is 21.2. The number of aryl methyl sites for hydroxylation is 1. The number of para-hydroxylation sites is 2. The first kappa shape index (κ1) is 25.7. The summed E-state index contributed by atoms with van der Waals surface area (Å²) in [4.78, 5) is 34.8. The zero-order valence-corrected chi connectivity index (χ0v) is 22.8. The molecule has 190 valence electrons. The van der Waals surface area contributed by atoms with E-state index in [0.717, 1.165) is 33.8 Å². The highest BCUT2D eigenvalue weighted by Gasteiger charge is 2.46. The van der Waals surface area contributed by atoms with E-state index in [0.29, 0.717) is 29.3 Å². The summed E-state index contributed by atoms with van der Waals surface area (Å²) in [6, 6.07) is 21.0. The molecule has 1 saturated carbocycles. The topological polar surface area (TPSA) is 49.7 Å². The lowest BCUT2D eigenvalue weighted by atomic mass is 9.72. The third-order valence-electron chi connectivity index (χ3n) is 7.29. The van der Waals surface area contributed by atoms with Crippen LogP contribution in [0.25, 0.3) is 0 Å². The fourth-order valence-electron chi connectivity index (χ4n) is 5.54. The van der Waals surface area contributed by atoms with Gasteiger partial charge in [-0.3, -0.25) is 14.6 Å².